The zero-order valence-electron chi connectivity index (χ0n) is 18.8. The van der Waals surface area contributed by atoms with Crippen LogP contribution in [-0.4, -0.2) is 72.6 Å². The standard InChI is InChI=1S/C23H25ClFN5O3/c1-29(2)23(31)18-8-13(11-30(18)3)33-20-9-14-17(10-19(20)32-4)26-12-27-22(14)28-16-7-5-6-15(24)21(16)25/h5-7,9-10,12-13,18H,8,11H2,1-4H3,(H,26,27,28). The maximum atomic E-state index is 14.4. The molecule has 3 aromatic rings. The normalized spacial score (nSPS) is 18.4. The van der Waals surface area contributed by atoms with Crippen molar-refractivity contribution in [1.82, 2.24) is 19.8 Å². The van der Waals surface area contributed by atoms with Crippen LogP contribution < -0.4 is 14.8 Å². The van der Waals surface area contributed by atoms with Crippen LogP contribution in [-0.2, 0) is 4.79 Å². The van der Waals surface area contributed by atoms with E-state index < -0.39 is 5.82 Å². The van der Waals surface area contributed by atoms with Gasteiger partial charge >= 0.3 is 0 Å². The van der Waals surface area contributed by atoms with Crippen molar-refractivity contribution in [2.75, 3.05) is 40.1 Å². The van der Waals surface area contributed by atoms with Crippen molar-refractivity contribution in [1.29, 1.82) is 0 Å². The molecule has 0 bridgehead atoms. The van der Waals surface area contributed by atoms with E-state index in [4.69, 9.17) is 21.1 Å². The average molecular weight is 474 g/mol. The fourth-order valence-electron chi connectivity index (χ4n) is 3.95. The molecule has 1 amide bonds. The van der Waals surface area contributed by atoms with Gasteiger partial charge in [-0.05, 0) is 25.2 Å². The number of nitrogens with zero attached hydrogens (tertiary/aromatic N) is 4. The van der Waals surface area contributed by atoms with Gasteiger partial charge in [0.05, 0.1) is 29.4 Å². The maximum Gasteiger partial charge on any atom is 0.239 e. The summed E-state index contributed by atoms with van der Waals surface area (Å²) in [7, 11) is 6.94. The lowest BCUT2D eigenvalue weighted by molar-refractivity contribution is -0.133. The highest BCUT2D eigenvalue weighted by molar-refractivity contribution is 6.31. The van der Waals surface area contributed by atoms with E-state index in [2.05, 4.69) is 15.3 Å². The van der Waals surface area contributed by atoms with Crippen LogP contribution in [0.5, 0.6) is 11.5 Å². The first-order valence-corrected chi connectivity index (χ1v) is 10.8. The fourth-order valence-corrected chi connectivity index (χ4v) is 4.12. The Bertz CT molecular complexity index is 1190. The second kappa shape index (κ2) is 9.36. The van der Waals surface area contributed by atoms with E-state index in [-0.39, 0.29) is 28.8 Å². The molecule has 2 unspecified atom stereocenters. The SMILES string of the molecule is COc1cc2ncnc(Nc3cccc(Cl)c3F)c2cc1OC1CC(C(=O)N(C)C)N(C)C1. The van der Waals surface area contributed by atoms with Crippen molar-refractivity contribution < 1.29 is 18.7 Å². The van der Waals surface area contributed by atoms with Crippen molar-refractivity contribution in [2.24, 2.45) is 0 Å². The lowest BCUT2D eigenvalue weighted by Crippen LogP contribution is -2.40. The number of rotatable bonds is 6. The molecule has 4 rings (SSSR count). The number of likely N-dealkylation sites (N-methyl/N-ethyl adjacent to an activating group) is 2. The molecule has 2 atom stereocenters. The molecule has 1 aliphatic rings. The Morgan fingerprint density at radius 1 is 1.27 bits per heavy atom. The fraction of sp³-hybridized carbons (Fsp3) is 0.348. The molecule has 1 fully saturated rings. The topological polar surface area (TPSA) is 79.8 Å². The first kappa shape index (κ1) is 23.0. The zero-order valence-corrected chi connectivity index (χ0v) is 19.6. The van der Waals surface area contributed by atoms with Gasteiger partial charge in [-0.25, -0.2) is 14.4 Å². The van der Waals surface area contributed by atoms with Crippen LogP contribution in [0.15, 0.2) is 36.7 Å². The number of hydrogen-bond donors (Lipinski definition) is 1. The molecule has 0 spiro atoms. The Hall–Kier alpha value is -3.17. The van der Waals surface area contributed by atoms with Gasteiger partial charge in [-0.1, -0.05) is 17.7 Å². The minimum atomic E-state index is -0.568. The van der Waals surface area contributed by atoms with Crippen LogP contribution in [0, 0.1) is 5.82 Å². The first-order chi connectivity index (χ1) is 15.8. The van der Waals surface area contributed by atoms with E-state index in [1.807, 2.05) is 11.9 Å². The number of fused-ring (bicyclic) bond motifs is 1. The number of likely N-dealkylation sites (tertiary alicyclic amines) is 1. The van der Waals surface area contributed by atoms with Crippen LogP contribution in [0.1, 0.15) is 6.42 Å². The molecule has 1 saturated heterocycles. The smallest absolute Gasteiger partial charge is 0.239 e. The third-order valence-corrected chi connectivity index (χ3v) is 5.95. The number of ether oxygens (including phenoxy) is 2. The Kier molecular flexibility index (Phi) is 6.53. The summed E-state index contributed by atoms with van der Waals surface area (Å²) >= 11 is 5.91. The number of carbonyl (C=O) groups is 1. The lowest BCUT2D eigenvalue weighted by Gasteiger charge is -2.21. The second-order valence-corrected chi connectivity index (χ2v) is 8.54. The summed E-state index contributed by atoms with van der Waals surface area (Å²) in [5.74, 6) is 0.869. The van der Waals surface area contributed by atoms with Crippen LogP contribution in [0.3, 0.4) is 0 Å². The van der Waals surface area contributed by atoms with Gasteiger partial charge in [-0.2, -0.15) is 0 Å². The van der Waals surface area contributed by atoms with E-state index in [1.54, 1.807) is 50.4 Å². The Balaban J connectivity index is 1.65. The minimum Gasteiger partial charge on any atom is -0.493 e. The summed E-state index contributed by atoms with van der Waals surface area (Å²) in [5, 5.41) is 3.63. The lowest BCUT2D eigenvalue weighted by atomic mass is 10.1. The Morgan fingerprint density at radius 2 is 2.06 bits per heavy atom. The molecule has 33 heavy (non-hydrogen) atoms. The molecule has 174 valence electrons. The van der Waals surface area contributed by atoms with Crippen molar-refractivity contribution in [3.8, 4) is 11.5 Å². The predicted octanol–water partition coefficient (Wildman–Crippen LogP) is 3.71. The number of halogens is 2. The maximum absolute atomic E-state index is 14.4. The third kappa shape index (κ3) is 4.65. The monoisotopic (exact) mass is 473 g/mol. The number of benzene rings is 2. The number of nitrogens with one attached hydrogen (secondary N) is 1. The quantitative estimate of drug-likeness (QED) is 0.584. The third-order valence-electron chi connectivity index (χ3n) is 5.65. The van der Waals surface area contributed by atoms with Gasteiger partial charge in [0.1, 0.15) is 18.2 Å². The second-order valence-electron chi connectivity index (χ2n) is 8.13. The van der Waals surface area contributed by atoms with Crippen molar-refractivity contribution >= 4 is 39.9 Å². The van der Waals surface area contributed by atoms with Gasteiger partial charge in [-0.15, -0.1) is 0 Å². The van der Waals surface area contributed by atoms with Gasteiger partial charge in [0.25, 0.3) is 0 Å². The highest BCUT2D eigenvalue weighted by Crippen LogP contribution is 2.37. The van der Waals surface area contributed by atoms with E-state index in [0.717, 1.165) is 0 Å². The average Bonchev–Trinajstić information content (AvgIpc) is 3.16. The van der Waals surface area contributed by atoms with E-state index >= 15 is 0 Å². The van der Waals surface area contributed by atoms with Crippen LogP contribution in [0.4, 0.5) is 15.9 Å². The molecular weight excluding hydrogens is 449 g/mol. The molecule has 0 saturated carbocycles. The van der Waals surface area contributed by atoms with Crippen LogP contribution in [0.2, 0.25) is 5.02 Å². The Morgan fingerprint density at radius 3 is 2.79 bits per heavy atom. The largest absolute Gasteiger partial charge is 0.493 e. The summed E-state index contributed by atoms with van der Waals surface area (Å²) < 4.78 is 26.2. The molecule has 1 N–H and O–H groups in total. The molecule has 0 radical (unpaired) electrons. The van der Waals surface area contributed by atoms with Crippen LogP contribution >= 0.6 is 11.6 Å². The van der Waals surface area contributed by atoms with E-state index in [9.17, 15) is 9.18 Å². The van der Waals surface area contributed by atoms with Gasteiger partial charge < -0.3 is 19.7 Å². The predicted molar refractivity (Wildman–Crippen MR) is 125 cm³/mol. The molecule has 0 aliphatic carbocycles. The van der Waals surface area contributed by atoms with Gasteiger partial charge in [0, 0.05) is 38.5 Å². The molecule has 10 heteroatoms. The summed E-state index contributed by atoms with van der Waals surface area (Å²) in [6.07, 6.45) is 1.73. The highest BCUT2D eigenvalue weighted by Gasteiger charge is 2.36. The number of methoxy groups -OCH3 is 1. The van der Waals surface area contributed by atoms with Gasteiger partial charge in [-0.3, -0.25) is 9.69 Å². The molecule has 8 nitrogen and oxygen atoms in total. The summed E-state index contributed by atoms with van der Waals surface area (Å²) in [6.45, 7) is 0.593. The van der Waals surface area contributed by atoms with Crippen LogP contribution in [0.25, 0.3) is 10.9 Å². The highest BCUT2D eigenvalue weighted by atomic mass is 35.5. The van der Waals surface area contributed by atoms with Crippen molar-refractivity contribution in [3.63, 3.8) is 0 Å². The molecule has 2 heterocycles. The number of aromatic nitrogens is 2. The van der Waals surface area contributed by atoms with Crippen molar-refractivity contribution in [2.45, 2.75) is 18.6 Å². The molecule has 1 aromatic heterocycles. The number of carbonyl (C=O) groups excluding carboxylic acids is 1. The number of hydrogen-bond acceptors (Lipinski definition) is 7. The Labute approximate surface area is 196 Å². The summed E-state index contributed by atoms with van der Waals surface area (Å²) in [4.78, 5) is 24.6. The van der Waals surface area contributed by atoms with Gasteiger partial charge in [0.2, 0.25) is 5.91 Å². The van der Waals surface area contributed by atoms with Crippen molar-refractivity contribution in [3.05, 3.63) is 47.5 Å². The minimum absolute atomic E-state index is 0.0104. The number of amides is 1. The van der Waals surface area contributed by atoms with Gasteiger partial charge in [0.15, 0.2) is 17.3 Å². The summed E-state index contributed by atoms with van der Waals surface area (Å²) in [5.41, 5.74) is 0.798. The molecule has 2 aromatic carbocycles. The summed E-state index contributed by atoms with van der Waals surface area (Å²) in [6, 6.07) is 7.96. The first-order valence-electron chi connectivity index (χ1n) is 10.4. The zero-order chi connectivity index (χ0) is 23.7. The van der Waals surface area contributed by atoms with E-state index in [0.29, 0.717) is 41.2 Å². The molecular formula is C23H25ClFN5O3. The number of anilines is 2. The van der Waals surface area contributed by atoms with E-state index in [1.165, 1.54) is 12.4 Å². The molecule has 1 aliphatic heterocycles.